The molecule has 0 atom stereocenters. The molecule has 1 heterocycles. The molecule has 3 rings (SSSR count). The van der Waals surface area contributed by atoms with Crippen molar-refractivity contribution in [3.05, 3.63) is 27.3 Å². The van der Waals surface area contributed by atoms with E-state index in [1.165, 1.54) is 6.42 Å². The number of esters is 1. The lowest BCUT2D eigenvalue weighted by Gasteiger charge is -2.46. The number of hydrogen-bond donors (Lipinski definition) is 2. The van der Waals surface area contributed by atoms with Crippen LogP contribution in [0.1, 0.15) is 49.4 Å². The smallest absolute Gasteiger partial charge is 0.338 e. The van der Waals surface area contributed by atoms with Gasteiger partial charge >= 0.3 is 5.97 Å². The maximum Gasteiger partial charge on any atom is 0.338 e. The molecule has 1 aromatic rings. The summed E-state index contributed by atoms with van der Waals surface area (Å²) in [5, 5.41) is 0. The molecule has 0 aromatic heterocycles. The molecule has 0 bridgehead atoms. The number of anilines is 1. The van der Waals surface area contributed by atoms with E-state index >= 15 is 0 Å². The first kappa shape index (κ1) is 18.0. The summed E-state index contributed by atoms with van der Waals surface area (Å²) < 4.78 is 5.96. The van der Waals surface area contributed by atoms with Crippen LogP contribution in [0.15, 0.2) is 28.2 Å². The van der Waals surface area contributed by atoms with Crippen LogP contribution in [0, 0.1) is 3.57 Å². The SMILES string of the molecule is CCOC(=O)c1ccc(N2C(N)=NC(N)=NC23CCCCC3)c(I)c1. The number of carbonyl (C=O) groups is 1. The first-order valence-electron chi connectivity index (χ1n) is 8.43. The van der Waals surface area contributed by atoms with E-state index in [4.69, 9.17) is 16.2 Å². The Morgan fingerprint density at radius 1 is 1.32 bits per heavy atom. The molecule has 1 aliphatic heterocycles. The van der Waals surface area contributed by atoms with Crippen molar-refractivity contribution in [2.75, 3.05) is 11.5 Å². The Hall–Kier alpha value is -1.84. The molecular weight excluding hydrogens is 433 g/mol. The Kier molecular flexibility index (Phi) is 5.16. The summed E-state index contributed by atoms with van der Waals surface area (Å²) in [4.78, 5) is 22.8. The van der Waals surface area contributed by atoms with Crippen molar-refractivity contribution in [2.45, 2.75) is 44.7 Å². The van der Waals surface area contributed by atoms with Crippen molar-refractivity contribution >= 4 is 46.2 Å². The van der Waals surface area contributed by atoms with Crippen LogP contribution in [0.25, 0.3) is 0 Å². The summed E-state index contributed by atoms with van der Waals surface area (Å²) in [5.74, 6) is 0.242. The fourth-order valence-electron chi connectivity index (χ4n) is 3.50. The van der Waals surface area contributed by atoms with Crippen LogP contribution in [0.5, 0.6) is 0 Å². The molecule has 1 saturated carbocycles. The topological polar surface area (TPSA) is 106 Å². The first-order valence-corrected chi connectivity index (χ1v) is 9.51. The summed E-state index contributed by atoms with van der Waals surface area (Å²) in [6, 6.07) is 5.43. The van der Waals surface area contributed by atoms with Crippen LogP contribution in [-0.2, 0) is 4.74 Å². The fraction of sp³-hybridized carbons (Fsp3) is 0.471. The highest BCUT2D eigenvalue weighted by Gasteiger charge is 2.43. The molecule has 0 amide bonds. The quantitative estimate of drug-likeness (QED) is 0.539. The maximum absolute atomic E-state index is 12.0. The number of hydrogen-bond acceptors (Lipinski definition) is 7. The highest BCUT2D eigenvalue weighted by Crippen LogP contribution is 2.41. The minimum Gasteiger partial charge on any atom is -0.462 e. The van der Waals surface area contributed by atoms with E-state index in [2.05, 4.69) is 32.6 Å². The van der Waals surface area contributed by atoms with Gasteiger partial charge in [0.25, 0.3) is 0 Å². The Bertz CT molecular complexity index is 741. The summed E-state index contributed by atoms with van der Waals surface area (Å²) in [6.07, 6.45) is 5.07. The van der Waals surface area contributed by atoms with Crippen LogP contribution in [0.2, 0.25) is 0 Å². The fourth-order valence-corrected chi connectivity index (χ4v) is 4.26. The standard InChI is InChI=1S/C17H22IN5O2/c1-2-25-14(24)11-6-7-13(12(18)10-11)23-16(20)21-15(19)22-17(23)8-4-3-5-9-17/h6-7,10H,2-5,8-9H2,1H3,(H4,19,20,21,22). The third kappa shape index (κ3) is 3.44. The van der Waals surface area contributed by atoms with Crippen molar-refractivity contribution in [2.24, 2.45) is 21.5 Å². The van der Waals surface area contributed by atoms with E-state index in [-0.39, 0.29) is 11.9 Å². The Balaban J connectivity index is 2.01. The predicted octanol–water partition coefficient (Wildman–Crippen LogP) is 2.58. The number of nitrogens with two attached hydrogens (primary N) is 2. The molecule has 1 fully saturated rings. The number of ether oxygens (including phenoxy) is 1. The van der Waals surface area contributed by atoms with E-state index < -0.39 is 5.66 Å². The summed E-state index contributed by atoms with van der Waals surface area (Å²) in [7, 11) is 0. The van der Waals surface area contributed by atoms with Gasteiger partial charge in [-0.25, -0.2) is 9.79 Å². The molecule has 1 spiro atoms. The van der Waals surface area contributed by atoms with Gasteiger partial charge < -0.3 is 16.2 Å². The number of benzene rings is 1. The van der Waals surface area contributed by atoms with Crippen LogP contribution < -0.4 is 16.4 Å². The third-order valence-corrected chi connectivity index (χ3v) is 5.42. The molecule has 0 unspecified atom stereocenters. The molecule has 1 aliphatic carbocycles. The first-order chi connectivity index (χ1) is 12.0. The molecule has 1 aromatic carbocycles. The summed E-state index contributed by atoms with van der Waals surface area (Å²) in [6.45, 7) is 2.14. The van der Waals surface area contributed by atoms with Gasteiger partial charge in [0.05, 0.1) is 17.9 Å². The lowest BCUT2D eigenvalue weighted by atomic mass is 9.87. The van der Waals surface area contributed by atoms with E-state index in [1.807, 2.05) is 11.0 Å². The van der Waals surface area contributed by atoms with Crippen molar-refractivity contribution in [1.29, 1.82) is 0 Å². The van der Waals surface area contributed by atoms with E-state index in [1.54, 1.807) is 19.1 Å². The third-order valence-electron chi connectivity index (χ3n) is 4.55. The van der Waals surface area contributed by atoms with E-state index in [9.17, 15) is 4.79 Å². The molecule has 4 N–H and O–H groups in total. The lowest BCUT2D eigenvalue weighted by molar-refractivity contribution is 0.0526. The second-order valence-electron chi connectivity index (χ2n) is 6.21. The molecule has 0 saturated heterocycles. The van der Waals surface area contributed by atoms with Gasteiger partial charge in [0.1, 0.15) is 5.66 Å². The maximum atomic E-state index is 12.0. The van der Waals surface area contributed by atoms with Crippen molar-refractivity contribution in [3.63, 3.8) is 0 Å². The molecule has 25 heavy (non-hydrogen) atoms. The van der Waals surface area contributed by atoms with Crippen LogP contribution in [0.4, 0.5) is 5.69 Å². The van der Waals surface area contributed by atoms with Gasteiger partial charge in [-0.3, -0.25) is 4.90 Å². The van der Waals surface area contributed by atoms with Gasteiger partial charge in [-0.05, 0) is 73.4 Å². The number of rotatable bonds is 3. The van der Waals surface area contributed by atoms with Crippen LogP contribution in [-0.4, -0.2) is 30.2 Å². The highest BCUT2D eigenvalue weighted by atomic mass is 127. The average Bonchev–Trinajstić information content (AvgIpc) is 2.56. The minimum atomic E-state index is -0.487. The van der Waals surface area contributed by atoms with Gasteiger partial charge in [0.2, 0.25) is 11.9 Å². The second-order valence-corrected chi connectivity index (χ2v) is 7.37. The van der Waals surface area contributed by atoms with Crippen molar-refractivity contribution in [3.8, 4) is 0 Å². The van der Waals surface area contributed by atoms with Crippen LogP contribution in [0.3, 0.4) is 0 Å². The highest BCUT2D eigenvalue weighted by molar-refractivity contribution is 14.1. The van der Waals surface area contributed by atoms with Crippen molar-refractivity contribution < 1.29 is 9.53 Å². The van der Waals surface area contributed by atoms with Gasteiger partial charge in [0, 0.05) is 3.57 Å². The number of guanidine groups is 2. The van der Waals surface area contributed by atoms with Gasteiger partial charge in [0.15, 0.2) is 0 Å². The van der Waals surface area contributed by atoms with E-state index in [0.29, 0.717) is 18.1 Å². The number of halogens is 1. The zero-order valence-electron chi connectivity index (χ0n) is 14.2. The lowest BCUT2D eigenvalue weighted by Crippen LogP contribution is -2.58. The predicted molar refractivity (Wildman–Crippen MR) is 107 cm³/mol. The Labute approximate surface area is 160 Å². The molecule has 134 valence electrons. The molecule has 7 nitrogen and oxygen atoms in total. The number of nitrogens with zero attached hydrogens (tertiary/aromatic N) is 3. The van der Waals surface area contributed by atoms with E-state index in [0.717, 1.165) is 34.9 Å². The summed E-state index contributed by atoms with van der Waals surface area (Å²) >= 11 is 2.21. The van der Waals surface area contributed by atoms with Gasteiger partial charge in [-0.15, -0.1) is 0 Å². The largest absolute Gasteiger partial charge is 0.462 e. The number of aliphatic imine (C=N–C) groups is 2. The normalized spacial score (nSPS) is 19.4. The Morgan fingerprint density at radius 3 is 2.68 bits per heavy atom. The van der Waals surface area contributed by atoms with Gasteiger partial charge in [-0.1, -0.05) is 6.42 Å². The average molecular weight is 455 g/mol. The molecule has 8 heteroatoms. The second kappa shape index (κ2) is 7.19. The molecular formula is C17H22IN5O2. The van der Waals surface area contributed by atoms with Crippen LogP contribution >= 0.6 is 22.6 Å². The zero-order chi connectivity index (χ0) is 18.0. The number of carbonyl (C=O) groups excluding carboxylic acids is 1. The van der Waals surface area contributed by atoms with Crippen molar-refractivity contribution in [1.82, 2.24) is 0 Å². The molecule has 0 radical (unpaired) electrons. The zero-order valence-corrected chi connectivity index (χ0v) is 16.3. The minimum absolute atomic E-state index is 0.230. The molecule has 2 aliphatic rings. The monoisotopic (exact) mass is 455 g/mol. The van der Waals surface area contributed by atoms with Gasteiger partial charge in [-0.2, -0.15) is 4.99 Å². The summed E-state index contributed by atoms with van der Waals surface area (Å²) in [5.41, 5.74) is 13.1. The Morgan fingerprint density at radius 2 is 2.04 bits per heavy atom.